The maximum Gasteiger partial charge on any atom is 0.300 e. The van der Waals surface area contributed by atoms with Crippen LogP contribution in [0.5, 0.6) is 0 Å². The van der Waals surface area contributed by atoms with Crippen LogP contribution in [-0.2, 0) is 4.74 Å². The van der Waals surface area contributed by atoms with E-state index in [0.29, 0.717) is 6.01 Å². The molecule has 1 saturated heterocycles. The molecular formula is C28H32N4O2. The summed E-state index contributed by atoms with van der Waals surface area (Å²) < 4.78 is 11.4. The van der Waals surface area contributed by atoms with Gasteiger partial charge >= 0.3 is 0 Å². The van der Waals surface area contributed by atoms with Gasteiger partial charge in [0.2, 0.25) is 0 Å². The van der Waals surface area contributed by atoms with Gasteiger partial charge < -0.3 is 19.4 Å². The Morgan fingerprint density at radius 3 is 2.50 bits per heavy atom. The highest BCUT2D eigenvalue weighted by molar-refractivity contribution is 5.91. The monoisotopic (exact) mass is 456 g/mol. The zero-order valence-corrected chi connectivity index (χ0v) is 20.2. The van der Waals surface area contributed by atoms with Gasteiger partial charge in [-0.25, -0.2) is 0 Å². The van der Waals surface area contributed by atoms with Gasteiger partial charge in [-0.15, -0.1) is 0 Å². The molecule has 1 aliphatic rings. The number of piperazine rings is 1. The molecule has 1 aliphatic heterocycles. The number of oxazole rings is 1. The van der Waals surface area contributed by atoms with E-state index in [1.54, 1.807) is 7.11 Å². The van der Waals surface area contributed by atoms with Crippen LogP contribution in [0, 0.1) is 13.8 Å². The summed E-state index contributed by atoms with van der Waals surface area (Å²) in [7, 11) is 1.76. The molecular weight excluding hydrogens is 424 g/mol. The highest BCUT2D eigenvalue weighted by Gasteiger charge is 2.18. The number of ether oxygens (including phenoxy) is 1. The molecule has 0 saturated carbocycles. The van der Waals surface area contributed by atoms with Gasteiger partial charge in [0.05, 0.1) is 6.61 Å². The topological polar surface area (TPSA) is 53.8 Å². The first kappa shape index (κ1) is 22.4. The second-order valence-electron chi connectivity index (χ2n) is 8.99. The van der Waals surface area contributed by atoms with Gasteiger partial charge in [-0.05, 0) is 49.2 Å². The molecule has 0 amide bonds. The van der Waals surface area contributed by atoms with Crippen molar-refractivity contribution >= 4 is 28.5 Å². The second-order valence-corrected chi connectivity index (χ2v) is 8.99. The van der Waals surface area contributed by atoms with E-state index >= 15 is 0 Å². The summed E-state index contributed by atoms with van der Waals surface area (Å²) in [5.74, 6) is 0. The average Bonchev–Trinajstić information content (AvgIpc) is 3.26. The van der Waals surface area contributed by atoms with Crippen molar-refractivity contribution in [1.82, 2.24) is 9.88 Å². The maximum absolute atomic E-state index is 6.17. The molecule has 0 atom stereocenters. The van der Waals surface area contributed by atoms with Gasteiger partial charge in [0.25, 0.3) is 6.01 Å². The molecule has 3 aromatic carbocycles. The number of para-hydroxylation sites is 1. The van der Waals surface area contributed by atoms with Crippen LogP contribution in [0.2, 0.25) is 0 Å². The number of anilines is 3. The summed E-state index contributed by atoms with van der Waals surface area (Å²) in [5, 5.41) is 3.36. The van der Waals surface area contributed by atoms with Crippen LogP contribution < -0.4 is 10.2 Å². The van der Waals surface area contributed by atoms with Crippen molar-refractivity contribution < 1.29 is 9.15 Å². The van der Waals surface area contributed by atoms with E-state index < -0.39 is 0 Å². The van der Waals surface area contributed by atoms with E-state index in [9.17, 15) is 0 Å². The third-order valence-corrected chi connectivity index (χ3v) is 6.55. The Morgan fingerprint density at radius 1 is 0.971 bits per heavy atom. The van der Waals surface area contributed by atoms with E-state index in [2.05, 4.69) is 82.5 Å². The fraction of sp³-hybridized carbons (Fsp3) is 0.321. The van der Waals surface area contributed by atoms with Gasteiger partial charge in [0.15, 0.2) is 5.58 Å². The number of aryl methyl sites for hydroxylation is 2. The first-order valence-corrected chi connectivity index (χ1v) is 11.9. The smallest absolute Gasteiger partial charge is 0.300 e. The lowest BCUT2D eigenvalue weighted by atomic mass is 10.0. The van der Waals surface area contributed by atoms with Crippen molar-refractivity contribution in [2.24, 2.45) is 0 Å². The van der Waals surface area contributed by atoms with Gasteiger partial charge in [-0.2, -0.15) is 4.98 Å². The van der Waals surface area contributed by atoms with Crippen LogP contribution in [0.3, 0.4) is 0 Å². The summed E-state index contributed by atoms with van der Waals surface area (Å²) in [5.41, 5.74) is 8.57. The molecule has 6 heteroatoms. The minimum atomic E-state index is 0.508. The molecule has 34 heavy (non-hydrogen) atoms. The Morgan fingerprint density at radius 2 is 1.76 bits per heavy atom. The Bertz CT molecular complexity index is 1260. The third kappa shape index (κ3) is 4.79. The molecule has 0 bridgehead atoms. The third-order valence-electron chi connectivity index (χ3n) is 6.55. The Hall–Kier alpha value is -3.35. The summed E-state index contributed by atoms with van der Waals surface area (Å²) >= 11 is 0. The number of hydrogen-bond acceptors (Lipinski definition) is 6. The number of hydrogen-bond donors (Lipinski definition) is 1. The molecule has 6 nitrogen and oxygen atoms in total. The van der Waals surface area contributed by atoms with E-state index in [-0.39, 0.29) is 0 Å². The lowest BCUT2D eigenvalue weighted by Gasteiger charge is -2.36. The number of methoxy groups -OCH3 is 1. The first-order chi connectivity index (χ1) is 16.6. The van der Waals surface area contributed by atoms with Gasteiger partial charge in [0.1, 0.15) is 5.52 Å². The molecule has 0 radical (unpaired) electrons. The molecule has 1 aromatic heterocycles. The van der Waals surface area contributed by atoms with Crippen LogP contribution in [0.1, 0.15) is 11.1 Å². The van der Waals surface area contributed by atoms with E-state index in [4.69, 9.17) is 9.15 Å². The largest absolute Gasteiger partial charge is 0.423 e. The molecule has 4 aromatic rings. The lowest BCUT2D eigenvalue weighted by molar-refractivity contribution is 0.144. The zero-order chi connectivity index (χ0) is 23.5. The molecule has 0 spiro atoms. The summed E-state index contributed by atoms with van der Waals surface area (Å²) in [4.78, 5) is 9.61. The lowest BCUT2D eigenvalue weighted by Crippen LogP contribution is -2.47. The molecule has 5 rings (SSSR count). The fourth-order valence-electron chi connectivity index (χ4n) is 4.61. The van der Waals surface area contributed by atoms with Crippen LogP contribution in [0.25, 0.3) is 22.2 Å². The van der Waals surface area contributed by atoms with Gasteiger partial charge in [-0.1, -0.05) is 42.0 Å². The Balaban J connectivity index is 1.31. The number of rotatable bonds is 7. The van der Waals surface area contributed by atoms with Crippen molar-refractivity contribution in [1.29, 1.82) is 0 Å². The molecule has 1 fully saturated rings. The quantitative estimate of drug-likeness (QED) is 0.389. The van der Waals surface area contributed by atoms with Gasteiger partial charge in [0, 0.05) is 56.8 Å². The zero-order valence-electron chi connectivity index (χ0n) is 20.2. The predicted molar refractivity (Wildman–Crippen MR) is 139 cm³/mol. The summed E-state index contributed by atoms with van der Waals surface area (Å²) in [6.07, 6.45) is 0. The number of aromatic nitrogens is 1. The van der Waals surface area contributed by atoms with Crippen LogP contribution in [0.15, 0.2) is 65.1 Å². The molecule has 0 aliphatic carbocycles. The van der Waals surface area contributed by atoms with Crippen molar-refractivity contribution in [3.05, 3.63) is 71.8 Å². The molecule has 2 heterocycles. The highest BCUT2D eigenvalue weighted by Crippen LogP contribution is 2.32. The summed E-state index contributed by atoms with van der Waals surface area (Å²) in [6, 6.07) is 21.6. The fourth-order valence-corrected chi connectivity index (χ4v) is 4.61. The Kier molecular flexibility index (Phi) is 6.52. The number of fused-ring (bicyclic) bond motifs is 1. The predicted octanol–water partition coefficient (Wildman–Crippen LogP) is 5.62. The standard InChI is InChI=1S/C28H32N4O2/c1-20-7-9-22(10-8-20)24-5-4-6-25-27(24)34-28(30-25)29-23-11-12-26(21(2)19-23)32-15-13-31(14-16-32)17-18-33-3/h4-12,19H,13-18H2,1-3H3,(H,29,30). The van der Waals surface area contributed by atoms with Crippen molar-refractivity contribution in [3.63, 3.8) is 0 Å². The molecule has 176 valence electrons. The first-order valence-electron chi connectivity index (χ1n) is 11.9. The van der Waals surface area contributed by atoms with Crippen LogP contribution >= 0.6 is 0 Å². The molecule has 0 unspecified atom stereocenters. The van der Waals surface area contributed by atoms with Crippen molar-refractivity contribution in [2.45, 2.75) is 13.8 Å². The van der Waals surface area contributed by atoms with Crippen molar-refractivity contribution in [3.8, 4) is 11.1 Å². The van der Waals surface area contributed by atoms with Crippen LogP contribution in [-0.4, -0.2) is 56.3 Å². The number of benzene rings is 3. The second kappa shape index (κ2) is 9.87. The average molecular weight is 457 g/mol. The van der Waals surface area contributed by atoms with Gasteiger partial charge in [-0.3, -0.25) is 4.90 Å². The SMILES string of the molecule is COCCN1CCN(c2ccc(Nc3nc4cccc(-c5ccc(C)cc5)c4o3)cc2C)CC1. The minimum absolute atomic E-state index is 0.508. The minimum Gasteiger partial charge on any atom is -0.423 e. The number of nitrogens with one attached hydrogen (secondary N) is 1. The highest BCUT2D eigenvalue weighted by atomic mass is 16.5. The van der Waals surface area contributed by atoms with E-state index in [0.717, 1.165) is 67.2 Å². The van der Waals surface area contributed by atoms with E-state index in [1.807, 2.05) is 12.1 Å². The molecule has 1 N–H and O–H groups in total. The normalized spacial score (nSPS) is 14.6. The number of nitrogens with zero attached hydrogens (tertiary/aromatic N) is 3. The summed E-state index contributed by atoms with van der Waals surface area (Å²) in [6.45, 7) is 10.2. The van der Waals surface area contributed by atoms with E-state index in [1.165, 1.54) is 16.8 Å². The van der Waals surface area contributed by atoms with Crippen LogP contribution in [0.4, 0.5) is 17.4 Å². The maximum atomic E-state index is 6.17. The Labute approximate surface area is 201 Å². The van der Waals surface area contributed by atoms with Crippen molar-refractivity contribution in [2.75, 3.05) is 56.7 Å².